The van der Waals surface area contributed by atoms with Crippen LogP contribution < -0.4 is 14.8 Å². The number of aromatic carboxylic acids is 1. The van der Waals surface area contributed by atoms with Gasteiger partial charge in [0.1, 0.15) is 6.61 Å². The fourth-order valence-electron chi connectivity index (χ4n) is 4.11. The first-order chi connectivity index (χ1) is 16.6. The summed E-state index contributed by atoms with van der Waals surface area (Å²) >= 11 is 0. The molecule has 0 radical (unpaired) electrons. The molecule has 2 N–H and O–H groups in total. The summed E-state index contributed by atoms with van der Waals surface area (Å²) in [7, 11) is 1.64. The highest BCUT2D eigenvalue weighted by Gasteiger charge is 2.21. The zero-order chi connectivity index (χ0) is 23.5. The smallest absolute Gasteiger partial charge is 0.356 e. The molecule has 0 bridgehead atoms. The number of imidazole rings is 1. The van der Waals surface area contributed by atoms with Crippen molar-refractivity contribution in [2.75, 3.05) is 13.7 Å². The number of benzene rings is 2. The number of aromatic nitrogens is 3. The van der Waals surface area contributed by atoms with E-state index in [-0.39, 0.29) is 11.7 Å². The summed E-state index contributed by atoms with van der Waals surface area (Å²) in [5.74, 6) is 0.333. The van der Waals surface area contributed by atoms with Gasteiger partial charge in [-0.2, -0.15) is 0 Å². The van der Waals surface area contributed by atoms with Gasteiger partial charge in [-0.15, -0.1) is 0 Å². The summed E-state index contributed by atoms with van der Waals surface area (Å²) in [6.45, 7) is 1.30. The molecule has 8 heteroatoms. The van der Waals surface area contributed by atoms with Crippen LogP contribution >= 0.6 is 0 Å². The molecule has 0 fully saturated rings. The molecular weight excluding hydrogens is 432 g/mol. The highest BCUT2D eigenvalue weighted by Crippen LogP contribution is 2.36. The molecular formula is C26H24N4O4. The van der Waals surface area contributed by atoms with Crippen molar-refractivity contribution in [2.24, 2.45) is 0 Å². The maximum absolute atomic E-state index is 11.3. The van der Waals surface area contributed by atoms with Crippen molar-refractivity contribution in [1.82, 2.24) is 19.7 Å². The highest BCUT2D eigenvalue weighted by molar-refractivity contribution is 5.85. The van der Waals surface area contributed by atoms with Crippen molar-refractivity contribution in [3.63, 3.8) is 0 Å². The van der Waals surface area contributed by atoms with Gasteiger partial charge in [0.15, 0.2) is 22.8 Å². The molecule has 2 aromatic carbocycles. The molecule has 8 nitrogen and oxygen atoms in total. The van der Waals surface area contributed by atoms with Gasteiger partial charge in [0.05, 0.1) is 31.2 Å². The van der Waals surface area contributed by atoms with Gasteiger partial charge in [0.25, 0.3) is 0 Å². The average Bonchev–Trinajstić information content (AvgIpc) is 3.28. The summed E-state index contributed by atoms with van der Waals surface area (Å²) in [6.07, 6.45) is 9.50. The monoisotopic (exact) mass is 456 g/mol. The van der Waals surface area contributed by atoms with E-state index in [1.807, 2.05) is 48.6 Å². The molecule has 2 aromatic heterocycles. The Morgan fingerprint density at radius 1 is 1.21 bits per heavy atom. The zero-order valence-electron chi connectivity index (χ0n) is 18.6. The Kier molecular flexibility index (Phi) is 5.97. The highest BCUT2D eigenvalue weighted by atomic mass is 16.5. The molecule has 5 rings (SSSR count). The Hall–Kier alpha value is -4.17. The van der Waals surface area contributed by atoms with Crippen molar-refractivity contribution in [2.45, 2.75) is 19.1 Å². The van der Waals surface area contributed by atoms with Gasteiger partial charge in [0.2, 0.25) is 0 Å². The fraction of sp³-hybridized carbons (Fsp3) is 0.192. The Bertz CT molecular complexity index is 1360. The van der Waals surface area contributed by atoms with E-state index in [9.17, 15) is 9.90 Å². The Morgan fingerprint density at radius 3 is 2.85 bits per heavy atom. The third-order valence-corrected chi connectivity index (χ3v) is 5.86. The van der Waals surface area contributed by atoms with Gasteiger partial charge in [-0.05, 0) is 41.3 Å². The Labute approximate surface area is 196 Å². The molecule has 0 aliphatic carbocycles. The number of carboxylic acids is 1. The molecule has 1 atom stereocenters. The minimum atomic E-state index is -1.08. The van der Waals surface area contributed by atoms with Crippen LogP contribution in [0.4, 0.5) is 0 Å². The van der Waals surface area contributed by atoms with Gasteiger partial charge in [0, 0.05) is 12.7 Å². The van der Waals surface area contributed by atoms with E-state index in [1.54, 1.807) is 17.7 Å². The summed E-state index contributed by atoms with van der Waals surface area (Å²) in [6, 6.07) is 14.1. The van der Waals surface area contributed by atoms with Crippen molar-refractivity contribution < 1.29 is 19.4 Å². The summed E-state index contributed by atoms with van der Waals surface area (Å²) in [5, 5.41) is 12.8. The first kappa shape index (κ1) is 21.7. The topological polar surface area (TPSA) is 98.0 Å². The van der Waals surface area contributed by atoms with Crippen LogP contribution in [0.3, 0.4) is 0 Å². The molecule has 0 spiro atoms. The third-order valence-electron chi connectivity index (χ3n) is 5.86. The lowest BCUT2D eigenvalue weighted by Crippen LogP contribution is -2.28. The number of nitrogens with one attached hydrogen (secondary N) is 1. The number of rotatable bonds is 7. The molecule has 34 heavy (non-hydrogen) atoms. The van der Waals surface area contributed by atoms with Gasteiger partial charge < -0.3 is 19.9 Å². The maximum Gasteiger partial charge on any atom is 0.356 e. The minimum absolute atomic E-state index is 0.0333. The van der Waals surface area contributed by atoms with E-state index in [1.165, 1.54) is 18.0 Å². The van der Waals surface area contributed by atoms with Crippen molar-refractivity contribution in [1.29, 1.82) is 0 Å². The SMILES string of the molecule is COc1cc2c(cc1OCc1ccccc1)CCNC2/C=C/c1cnc2cnc(C(=O)O)cn12. The number of fused-ring (bicyclic) bond motifs is 2. The lowest BCUT2D eigenvalue weighted by molar-refractivity contribution is 0.0690. The summed E-state index contributed by atoms with van der Waals surface area (Å²) in [4.78, 5) is 19.5. The lowest BCUT2D eigenvalue weighted by atomic mass is 9.93. The number of nitrogens with zero attached hydrogens (tertiary/aromatic N) is 3. The molecule has 3 heterocycles. The van der Waals surface area contributed by atoms with Crippen LogP contribution in [-0.2, 0) is 13.0 Å². The molecule has 0 saturated carbocycles. The fourth-order valence-corrected chi connectivity index (χ4v) is 4.11. The van der Waals surface area contributed by atoms with Gasteiger partial charge >= 0.3 is 5.97 Å². The number of carboxylic acid groups (broad SMARTS) is 1. The number of methoxy groups -OCH3 is 1. The quantitative estimate of drug-likeness (QED) is 0.435. The molecule has 172 valence electrons. The molecule has 0 saturated heterocycles. The molecule has 4 aromatic rings. The van der Waals surface area contributed by atoms with Crippen LogP contribution in [0.15, 0.2) is 67.1 Å². The van der Waals surface area contributed by atoms with Gasteiger partial charge in [-0.25, -0.2) is 14.8 Å². The van der Waals surface area contributed by atoms with Gasteiger partial charge in [-0.3, -0.25) is 4.40 Å². The van der Waals surface area contributed by atoms with Crippen LogP contribution in [0.1, 0.15) is 38.9 Å². The average molecular weight is 457 g/mol. The van der Waals surface area contributed by atoms with E-state index in [2.05, 4.69) is 21.4 Å². The van der Waals surface area contributed by atoms with E-state index < -0.39 is 5.97 Å². The molecule has 1 unspecified atom stereocenters. The third kappa shape index (κ3) is 4.35. The second-order valence-corrected chi connectivity index (χ2v) is 8.01. The maximum atomic E-state index is 11.3. The van der Waals surface area contributed by atoms with Crippen molar-refractivity contribution in [3.05, 3.63) is 95.2 Å². The predicted octanol–water partition coefficient (Wildman–Crippen LogP) is 3.92. The number of hydrogen-bond donors (Lipinski definition) is 2. The van der Waals surface area contributed by atoms with Gasteiger partial charge in [-0.1, -0.05) is 36.4 Å². The van der Waals surface area contributed by atoms with Crippen LogP contribution in [-0.4, -0.2) is 39.1 Å². The standard InChI is InChI=1S/C26H24N4O4/c1-33-23-12-20-18(11-24(23)34-16-17-5-3-2-4-6-17)9-10-27-21(20)8-7-19-13-29-25-14-28-22(26(31)32)15-30(19)25/h2-8,11-15,21,27H,9-10,16H2,1H3,(H,31,32)/b8-7+. The van der Waals surface area contributed by atoms with E-state index in [4.69, 9.17) is 9.47 Å². The number of ether oxygens (including phenoxy) is 2. The Balaban J connectivity index is 1.41. The van der Waals surface area contributed by atoms with E-state index in [0.717, 1.165) is 35.5 Å². The molecule has 1 aliphatic rings. The normalized spacial score (nSPS) is 15.4. The first-order valence-electron chi connectivity index (χ1n) is 11.0. The number of hydrogen-bond acceptors (Lipinski definition) is 6. The Morgan fingerprint density at radius 2 is 2.06 bits per heavy atom. The van der Waals surface area contributed by atoms with Crippen LogP contribution in [0, 0.1) is 0 Å². The lowest BCUT2D eigenvalue weighted by Gasteiger charge is -2.26. The van der Waals surface area contributed by atoms with Crippen LogP contribution in [0.2, 0.25) is 0 Å². The minimum Gasteiger partial charge on any atom is -0.493 e. The predicted molar refractivity (Wildman–Crippen MR) is 127 cm³/mol. The summed E-state index contributed by atoms with van der Waals surface area (Å²) < 4.78 is 13.4. The largest absolute Gasteiger partial charge is 0.493 e. The number of carbonyl (C=O) groups is 1. The van der Waals surface area contributed by atoms with Crippen LogP contribution in [0.5, 0.6) is 11.5 Å². The molecule has 1 aliphatic heterocycles. The van der Waals surface area contributed by atoms with E-state index >= 15 is 0 Å². The summed E-state index contributed by atoms with van der Waals surface area (Å²) in [5.41, 5.74) is 4.74. The van der Waals surface area contributed by atoms with E-state index in [0.29, 0.717) is 18.0 Å². The van der Waals surface area contributed by atoms with Crippen LogP contribution in [0.25, 0.3) is 11.7 Å². The zero-order valence-corrected chi connectivity index (χ0v) is 18.6. The second kappa shape index (κ2) is 9.36. The van der Waals surface area contributed by atoms with Crippen molar-refractivity contribution >= 4 is 17.7 Å². The molecule has 0 amide bonds. The first-order valence-corrected chi connectivity index (χ1v) is 11.0. The second-order valence-electron chi connectivity index (χ2n) is 8.01. The van der Waals surface area contributed by atoms with Crippen molar-refractivity contribution in [3.8, 4) is 11.5 Å².